The molecule has 0 radical (unpaired) electrons. The van der Waals surface area contributed by atoms with Crippen molar-refractivity contribution in [1.82, 2.24) is 4.90 Å². The molecule has 5 heteroatoms. The number of hydrogen-bond acceptors (Lipinski definition) is 4. The van der Waals surface area contributed by atoms with Crippen LogP contribution in [0.5, 0.6) is 0 Å². The van der Waals surface area contributed by atoms with Crippen LogP contribution in [0.3, 0.4) is 0 Å². The number of amides is 1. The maximum atomic E-state index is 13.1. The summed E-state index contributed by atoms with van der Waals surface area (Å²) in [7, 11) is 1.78. The third-order valence-electron chi connectivity index (χ3n) is 5.55. The summed E-state index contributed by atoms with van der Waals surface area (Å²) in [5.41, 5.74) is 2.00. The summed E-state index contributed by atoms with van der Waals surface area (Å²) >= 11 is 1.97. The van der Waals surface area contributed by atoms with Crippen molar-refractivity contribution in [3.05, 3.63) is 29.8 Å². The number of methoxy groups -OCH3 is 1. The Morgan fingerprint density at radius 3 is 2.52 bits per heavy atom. The van der Waals surface area contributed by atoms with E-state index < -0.39 is 0 Å². The van der Waals surface area contributed by atoms with Gasteiger partial charge in [0.1, 0.15) is 0 Å². The molecule has 0 aliphatic carbocycles. The first-order valence-corrected chi connectivity index (χ1v) is 11.2. The molecule has 2 aliphatic heterocycles. The largest absolute Gasteiger partial charge is 0.380 e. The van der Waals surface area contributed by atoms with E-state index in [4.69, 9.17) is 4.74 Å². The van der Waals surface area contributed by atoms with Crippen molar-refractivity contribution in [2.24, 2.45) is 0 Å². The first-order valence-electron chi connectivity index (χ1n) is 10.2. The lowest BCUT2D eigenvalue weighted by molar-refractivity contribution is 0.0640. The molecule has 150 valence electrons. The van der Waals surface area contributed by atoms with E-state index in [0.717, 1.165) is 50.2 Å². The lowest BCUT2D eigenvalue weighted by Crippen LogP contribution is -2.45. The van der Waals surface area contributed by atoms with Crippen molar-refractivity contribution >= 4 is 23.4 Å². The van der Waals surface area contributed by atoms with E-state index in [0.29, 0.717) is 12.1 Å². The van der Waals surface area contributed by atoms with E-state index in [2.05, 4.69) is 42.7 Å². The second kappa shape index (κ2) is 8.87. The van der Waals surface area contributed by atoms with Crippen molar-refractivity contribution in [3.8, 4) is 0 Å². The van der Waals surface area contributed by atoms with Crippen LogP contribution in [0, 0.1) is 0 Å². The Morgan fingerprint density at radius 2 is 1.89 bits per heavy atom. The van der Waals surface area contributed by atoms with Gasteiger partial charge in [-0.15, -0.1) is 0 Å². The highest BCUT2D eigenvalue weighted by Crippen LogP contribution is 2.30. The number of carbonyl (C=O) groups excluding carboxylic acids is 1. The van der Waals surface area contributed by atoms with Crippen LogP contribution in [0.25, 0.3) is 0 Å². The molecule has 27 heavy (non-hydrogen) atoms. The molecule has 1 aromatic rings. The smallest absolute Gasteiger partial charge is 0.254 e. The molecule has 2 saturated heterocycles. The number of ether oxygens (including phenoxy) is 1. The highest BCUT2D eigenvalue weighted by atomic mass is 32.2. The van der Waals surface area contributed by atoms with Gasteiger partial charge in [0.2, 0.25) is 0 Å². The average Bonchev–Trinajstić information content (AvgIpc) is 3.15. The molecule has 4 nitrogen and oxygen atoms in total. The van der Waals surface area contributed by atoms with Crippen LogP contribution in [0.15, 0.2) is 24.3 Å². The number of likely N-dealkylation sites (tertiary alicyclic amines) is 1. The standard InChI is InChI=1S/C22H34N2O2S/c1-22(2,3)27-16-19-7-5-6-13-24(19)21(25)17-8-10-18(11-9-17)23-14-12-20(15-23)26-4/h8-11,19-20H,5-7,12-16H2,1-4H3/t19-,20-/m1/s1. The highest BCUT2D eigenvalue weighted by molar-refractivity contribution is 8.00. The minimum atomic E-state index is 0.192. The first kappa shape index (κ1) is 20.5. The first-order chi connectivity index (χ1) is 12.9. The van der Waals surface area contributed by atoms with Crippen LogP contribution in [0.2, 0.25) is 0 Å². The number of rotatable bonds is 5. The Labute approximate surface area is 168 Å². The van der Waals surface area contributed by atoms with Crippen molar-refractivity contribution in [1.29, 1.82) is 0 Å². The Balaban J connectivity index is 1.65. The van der Waals surface area contributed by atoms with Gasteiger partial charge in [-0.05, 0) is 49.9 Å². The van der Waals surface area contributed by atoms with Crippen LogP contribution in [-0.4, -0.2) is 60.2 Å². The topological polar surface area (TPSA) is 32.8 Å². The summed E-state index contributed by atoms with van der Waals surface area (Å²) in [6.45, 7) is 9.58. The van der Waals surface area contributed by atoms with E-state index >= 15 is 0 Å². The molecule has 2 aliphatic rings. The number of benzene rings is 1. The summed E-state index contributed by atoms with van der Waals surface area (Å²) in [6, 6.07) is 8.54. The van der Waals surface area contributed by atoms with Crippen molar-refractivity contribution in [2.45, 2.75) is 63.3 Å². The highest BCUT2D eigenvalue weighted by Gasteiger charge is 2.29. The van der Waals surface area contributed by atoms with Gasteiger partial charge in [-0.3, -0.25) is 4.79 Å². The maximum absolute atomic E-state index is 13.1. The van der Waals surface area contributed by atoms with Crippen LogP contribution in [-0.2, 0) is 4.74 Å². The predicted molar refractivity (Wildman–Crippen MR) is 115 cm³/mol. The molecule has 1 aromatic carbocycles. The molecule has 0 unspecified atom stereocenters. The number of carbonyl (C=O) groups is 1. The minimum Gasteiger partial charge on any atom is -0.380 e. The van der Waals surface area contributed by atoms with Crippen LogP contribution >= 0.6 is 11.8 Å². The molecule has 1 amide bonds. The van der Waals surface area contributed by atoms with Gasteiger partial charge in [0, 0.05) is 54.5 Å². The minimum absolute atomic E-state index is 0.192. The number of hydrogen-bond donors (Lipinski definition) is 0. The molecule has 3 rings (SSSR count). The fraction of sp³-hybridized carbons (Fsp3) is 0.682. The van der Waals surface area contributed by atoms with Gasteiger partial charge in [-0.1, -0.05) is 20.8 Å². The normalized spacial score (nSPS) is 23.7. The average molecular weight is 391 g/mol. The van der Waals surface area contributed by atoms with Gasteiger partial charge in [-0.2, -0.15) is 11.8 Å². The van der Waals surface area contributed by atoms with Gasteiger partial charge >= 0.3 is 0 Å². The summed E-state index contributed by atoms with van der Waals surface area (Å²) in [6.07, 6.45) is 4.86. The monoisotopic (exact) mass is 390 g/mol. The lowest BCUT2D eigenvalue weighted by atomic mass is 10.0. The summed E-state index contributed by atoms with van der Waals surface area (Å²) in [4.78, 5) is 17.6. The summed E-state index contributed by atoms with van der Waals surface area (Å²) in [5, 5.41) is 0. The lowest BCUT2D eigenvalue weighted by Gasteiger charge is -2.37. The third kappa shape index (κ3) is 5.41. The van der Waals surface area contributed by atoms with Gasteiger partial charge < -0.3 is 14.5 Å². The van der Waals surface area contributed by atoms with Gasteiger partial charge in [0.25, 0.3) is 5.91 Å². The molecule has 0 saturated carbocycles. The molecule has 2 heterocycles. The molecule has 0 bridgehead atoms. The van der Waals surface area contributed by atoms with E-state index in [-0.39, 0.29) is 10.7 Å². The van der Waals surface area contributed by atoms with E-state index in [1.54, 1.807) is 7.11 Å². The van der Waals surface area contributed by atoms with Crippen molar-refractivity contribution in [3.63, 3.8) is 0 Å². The Hall–Kier alpha value is -1.20. The Bertz CT molecular complexity index is 626. The number of piperidine rings is 1. The number of thioether (sulfide) groups is 1. The van der Waals surface area contributed by atoms with Gasteiger partial charge in [0.15, 0.2) is 0 Å². The quantitative estimate of drug-likeness (QED) is 0.744. The predicted octanol–water partition coefficient (Wildman–Crippen LogP) is 4.44. The van der Waals surface area contributed by atoms with E-state index in [1.165, 1.54) is 12.1 Å². The second-order valence-corrected chi connectivity index (χ2v) is 10.6. The third-order valence-corrected chi connectivity index (χ3v) is 6.97. The molecule has 0 aromatic heterocycles. The van der Waals surface area contributed by atoms with E-state index in [1.807, 2.05) is 23.9 Å². The van der Waals surface area contributed by atoms with Crippen molar-refractivity contribution in [2.75, 3.05) is 37.4 Å². The SMILES string of the molecule is CO[C@@H]1CCN(c2ccc(C(=O)N3CCCC[C@@H]3CSC(C)(C)C)cc2)C1. The van der Waals surface area contributed by atoms with Crippen LogP contribution in [0.4, 0.5) is 5.69 Å². The molecular formula is C22H34N2O2S. The molecule has 2 atom stereocenters. The van der Waals surface area contributed by atoms with Crippen molar-refractivity contribution < 1.29 is 9.53 Å². The second-order valence-electron chi connectivity index (χ2n) is 8.71. The van der Waals surface area contributed by atoms with Crippen LogP contribution in [0.1, 0.15) is 56.8 Å². The molecule has 0 N–H and O–H groups in total. The fourth-order valence-electron chi connectivity index (χ4n) is 3.92. The zero-order valence-electron chi connectivity index (χ0n) is 17.2. The van der Waals surface area contributed by atoms with Gasteiger partial charge in [-0.25, -0.2) is 0 Å². The summed E-state index contributed by atoms with van der Waals surface area (Å²) in [5.74, 6) is 1.22. The zero-order chi connectivity index (χ0) is 19.4. The van der Waals surface area contributed by atoms with E-state index in [9.17, 15) is 4.79 Å². The van der Waals surface area contributed by atoms with Crippen LogP contribution < -0.4 is 4.90 Å². The summed E-state index contributed by atoms with van der Waals surface area (Å²) < 4.78 is 5.70. The molecular weight excluding hydrogens is 356 g/mol. The number of nitrogens with zero attached hydrogens (tertiary/aromatic N) is 2. The van der Waals surface area contributed by atoms with Gasteiger partial charge in [0.05, 0.1) is 6.10 Å². The molecule has 0 spiro atoms. The zero-order valence-corrected chi connectivity index (χ0v) is 18.1. The molecule has 2 fully saturated rings. The Kier molecular flexibility index (Phi) is 6.74. The number of anilines is 1. The Morgan fingerprint density at radius 1 is 1.15 bits per heavy atom. The maximum Gasteiger partial charge on any atom is 0.254 e. The fourth-order valence-corrected chi connectivity index (χ4v) is 4.96.